The zero-order valence-corrected chi connectivity index (χ0v) is 22.0. The predicted molar refractivity (Wildman–Crippen MR) is 143 cm³/mol. The predicted octanol–water partition coefficient (Wildman–Crippen LogP) is 4.16. The Bertz CT molecular complexity index is 1270. The maximum absolute atomic E-state index is 12.9. The summed E-state index contributed by atoms with van der Waals surface area (Å²) in [7, 11) is 1.49. The molecule has 202 valence electrons. The SMILES string of the molecule is COc1cc(CC(=O)NC(CC(C)C)c2cn(CCC(=O)O)cn2)ccc1NC(=O)Nc1ncccc1C. The molecule has 1 aromatic carbocycles. The smallest absolute Gasteiger partial charge is 0.324 e. The fourth-order valence-electron chi connectivity index (χ4n) is 3.89. The molecule has 2 heterocycles. The van der Waals surface area contributed by atoms with Crippen molar-refractivity contribution in [2.75, 3.05) is 17.7 Å². The van der Waals surface area contributed by atoms with E-state index in [0.29, 0.717) is 47.4 Å². The molecule has 0 radical (unpaired) electrons. The van der Waals surface area contributed by atoms with Crippen LogP contribution in [0.5, 0.6) is 5.75 Å². The zero-order valence-electron chi connectivity index (χ0n) is 22.0. The molecule has 1 unspecified atom stereocenters. The number of pyridine rings is 1. The van der Waals surface area contributed by atoms with E-state index in [1.165, 1.54) is 7.11 Å². The lowest BCUT2D eigenvalue weighted by atomic mass is 10.0. The normalized spacial score (nSPS) is 11.6. The Kier molecular flexibility index (Phi) is 9.80. The lowest BCUT2D eigenvalue weighted by molar-refractivity contribution is -0.137. The van der Waals surface area contributed by atoms with Gasteiger partial charge >= 0.3 is 12.0 Å². The highest BCUT2D eigenvalue weighted by Crippen LogP contribution is 2.27. The van der Waals surface area contributed by atoms with Gasteiger partial charge < -0.3 is 25.0 Å². The molecule has 0 bridgehead atoms. The number of hydrogen-bond acceptors (Lipinski definition) is 6. The molecule has 3 amide bonds. The molecule has 0 saturated heterocycles. The number of carbonyl (C=O) groups is 3. The summed E-state index contributed by atoms with van der Waals surface area (Å²) in [5.41, 5.74) is 2.68. The van der Waals surface area contributed by atoms with E-state index in [2.05, 4.69) is 39.8 Å². The molecule has 0 aliphatic carbocycles. The maximum Gasteiger partial charge on any atom is 0.324 e. The Labute approximate surface area is 221 Å². The van der Waals surface area contributed by atoms with Crippen molar-refractivity contribution < 1.29 is 24.2 Å². The molecule has 2 aromatic heterocycles. The first-order chi connectivity index (χ1) is 18.1. The number of carbonyl (C=O) groups excluding carboxylic acids is 2. The van der Waals surface area contributed by atoms with Gasteiger partial charge in [0, 0.05) is 18.9 Å². The molecule has 4 N–H and O–H groups in total. The van der Waals surface area contributed by atoms with E-state index in [0.717, 1.165) is 5.56 Å². The van der Waals surface area contributed by atoms with Gasteiger partial charge in [-0.3, -0.25) is 14.9 Å². The molecular formula is C27H34N6O5. The van der Waals surface area contributed by atoms with Gasteiger partial charge in [0.15, 0.2) is 0 Å². The molecule has 11 nitrogen and oxygen atoms in total. The Morgan fingerprint density at radius 2 is 1.92 bits per heavy atom. The highest BCUT2D eigenvalue weighted by molar-refractivity contribution is 6.00. The maximum atomic E-state index is 12.9. The summed E-state index contributed by atoms with van der Waals surface area (Å²) in [6.45, 7) is 6.27. The molecule has 0 fully saturated rings. The van der Waals surface area contributed by atoms with Gasteiger partial charge in [0.05, 0.1) is 43.7 Å². The second kappa shape index (κ2) is 13.2. The van der Waals surface area contributed by atoms with Crippen LogP contribution in [-0.2, 0) is 22.6 Å². The minimum Gasteiger partial charge on any atom is -0.495 e. The number of carboxylic acids is 1. The molecule has 0 aliphatic rings. The molecular weight excluding hydrogens is 488 g/mol. The number of amides is 3. The average molecular weight is 523 g/mol. The Balaban J connectivity index is 1.64. The van der Waals surface area contributed by atoms with Crippen molar-refractivity contribution in [3.8, 4) is 5.75 Å². The van der Waals surface area contributed by atoms with Crippen LogP contribution in [0.2, 0.25) is 0 Å². The fourth-order valence-corrected chi connectivity index (χ4v) is 3.89. The van der Waals surface area contributed by atoms with E-state index < -0.39 is 12.0 Å². The Hall–Kier alpha value is -4.41. The molecule has 3 rings (SSSR count). The number of imidazole rings is 1. The number of nitrogens with zero attached hydrogens (tertiary/aromatic N) is 3. The number of nitrogens with one attached hydrogen (secondary N) is 3. The molecule has 38 heavy (non-hydrogen) atoms. The number of rotatable bonds is 12. The van der Waals surface area contributed by atoms with Crippen molar-refractivity contribution in [3.63, 3.8) is 0 Å². The highest BCUT2D eigenvalue weighted by atomic mass is 16.5. The number of urea groups is 1. The number of aryl methyl sites for hydroxylation is 2. The van der Waals surface area contributed by atoms with Crippen LogP contribution in [0.3, 0.4) is 0 Å². The Morgan fingerprint density at radius 3 is 2.61 bits per heavy atom. The van der Waals surface area contributed by atoms with Crippen LogP contribution in [0.1, 0.15) is 49.6 Å². The second-order valence-corrected chi connectivity index (χ2v) is 9.39. The van der Waals surface area contributed by atoms with Gasteiger partial charge in [-0.15, -0.1) is 0 Å². The third kappa shape index (κ3) is 8.32. The monoisotopic (exact) mass is 522 g/mol. The van der Waals surface area contributed by atoms with Crippen LogP contribution < -0.4 is 20.7 Å². The van der Waals surface area contributed by atoms with Crippen LogP contribution in [0.25, 0.3) is 0 Å². The summed E-state index contributed by atoms with van der Waals surface area (Å²) in [6.07, 6.45) is 5.73. The summed E-state index contributed by atoms with van der Waals surface area (Å²) < 4.78 is 7.16. The van der Waals surface area contributed by atoms with Gasteiger partial charge in [-0.1, -0.05) is 26.0 Å². The molecule has 0 aliphatic heterocycles. The minimum absolute atomic E-state index is 0.00582. The van der Waals surface area contributed by atoms with Crippen molar-refractivity contribution in [2.45, 2.75) is 52.6 Å². The summed E-state index contributed by atoms with van der Waals surface area (Å²) in [4.78, 5) is 44.8. The third-order valence-electron chi connectivity index (χ3n) is 5.76. The van der Waals surface area contributed by atoms with E-state index in [1.807, 2.05) is 13.0 Å². The summed E-state index contributed by atoms with van der Waals surface area (Å²) in [5.74, 6) is 0.102. The summed E-state index contributed by atoms with van der Waals surface area (Å²) in [5, 5.41) is 17.4. The molecule has 0 spiro atoms. The topological polar surface area (TPSA) is 147 Å². The number of anilines is 2. The largest absolute Gasteiger partial charge is 0.495 e. The number of aromatic nitrogens is 3. The van der Waals surface area contributed by atoms with Crippen LogP contribution >= 0.6 is 0 Å². The van der Waals surface area contributed by atoms with Crippen LogP contribution in [0.15, 0.2) is 49.1 Å². The van der Waals surface area contributed by atoms with Gasteiger partial charge in [0.25, 0.3) is 0 Å². The fraction of sp³-hybridized carbons (Fsp3) is 0.370. The first-order valence-electron chi connectivity index (χ1n) is 12.3. The second-order valence-electron chi connectivity index (χ2n) is 9.39. The number of methoxy groups -OCH3 is 1. The van der Waals surface area contributed by atoms with Crippen molar-refractivity contribution in [2.24, 2.45) is 5.92 Å². The quantitative estimate of drug-likeness (QED) is 0.279. The lowest BCUT2D eigenvalue weighted by Crippen LogP contribution is -2.31. The molecule has 1 atom stereocenters. The average Bonchev–Trinajstić information content (AvgIpc) is 3.33. The van der Waals surface area contributed by atoms with E-state index in [-0.39, 0.29) is 24.8 Å². The standard InChI is InChI=1S/C27H34N6O5/c1-17(2)12-21(22-15-33(16-29-22)11-9-25(35)36)30-24(34)14-19-7-8-20(23(13-19)38-4)31-27(37)32-26-18(3)6-5-10-28-26/h5-8,10,13,15-17,21H,9,11-12,14H2,1-4H3,(H,30,34)(H,35,36)(H2,28,31,32,37). The minimum atomic E-state index is -0.882. The van der Waals surface area contributed by atoms with Crippen LogP contribution in [-0.4, -0.2) is 44.7 Å². The highest BCUT2D eigenvalue weighted by Gasteiger charge is 2.20. The zero-order chi connectivity index (χ0) is 27.7. The summed E-state index contributed by atoms with van der Waals surface area (Å²) in [6, 6.07) is 8.00. The van der Waals surface area contributed by atoms with Gasteiger partial charge in [0.2, 0.25) is 5.91 Å². The summed E-state index contributed by atoms with van der Waals surface area (Å²) >= 11 is 0. The Morgan fingerprint density at radius 1 is 1.13 bits per heavy atom. The van der Waals surface area contributed by atoms with Gasteiger partial charge in [-0.2, -0.15) is 0 Å². The van der Waals surface area contributed by atoms with Crippen molar-refractivity contribution >= 4 is 29.4 Å². The number of benzene rings is 1. The van der Waals surface area contributed by atoms with E-state index in [1.54, 1.807) is 47.6 Å². The van der Waals surface area contributed by atoms with Gasteiger partial charge in [-0.25, -0.2) is 14.8 Å². The lowest BCUT2D eigenvalue weighted by Gasteiger charge is -2.19. The van der Waals surface area contributed by atoms with Crippen molar-refractivity contribution in [1.82, 2.24) is 19.9 Å². The van der Waals surface area contributed by atoms with Crippen molar-refractivity contribution in [3.05, 3.63) is 65.9 Å². The van der Waals surface area contributed by atoms with E-state index >= 15 is 0 Å². The molecule has 3 aromatic rings. The van der Waals surface area contributed by atoms with E-state index in [4.69, 9.17) is 9.84 Å². The van der Waals surface area contributed by atoms with Crippen molar-refractivity contribution in [1.29, 1.82) is 0 Å². The number of hydrogen-bond donors (Lipinski definition) is 4. The van der Waals surface area contributed by atoms with Crippen LogP contribution in [0, 0.1) is 12.8 Å². The van der Waals surface area contributed by atoms with Gasteiger partial charge in [-0.05, 0) is 48.6 Å². The van der Waals surface area contributed by atoms with Gasteiger partial charge in [0.1, 0.15) is 11.6 Å². The first-order valence-corrected chi connectivity index (χ1v) is 12.3. The first kappa shape index (κ1) is 28.2. The van der Waals surface area contributed by atoms with Crippen LogP contribution in [0.4, 0.5) is 16.3 Å². The van der Waals surface area contributed by atoms with E-state index in [9.17, 15) is 14.4 Å². The number of carboxylic acid groups (broad SMARTS) is 1. The number of aliphatic carboxylic acids is 1. The number of ether oxygens (including phenoxy) is 1. The molecule has 0 saturated carbocycles. The molecule has 11 heteroatoms. The third-order valence-corrected chi connectivity index (χ3v) is 5.76.